The van der Waals surface area contributed by atoms with E-state index in [9.17, 15) is 4.57 Å². The predicted octanol–water partition coefficient (Wildman–Crippen LogP) is 1.40. The van der Waals surface area contributed by atoms with Crippen molar-refractivity contribution in [2.24, 2.45) is 4.76 Å². The van der Waals surface area contributed by atoms with Gasteiger partial charge < -0.3 is 9.80 Å². The third-order valence-corrected chi connectivity index (χ3v) is 3.94. The molecule has 0 aromatic carbocycles. The molecule has 1 aliphatic rings. The topological polar surface area (TPSA) is 54.4 Å². The maximum Gasteiger partial charge on any atom is 0.456 e. The molecule has 0 spiro atoms. The van der Waals surface area contributed by atoms with Gasteiger partial charge >= 0.3 is 7.75 Å². The van der Waals surface area contributed by atoms with Crippen molar-refractivity contribution in [3.63, 3.8) is 0 Å². The summed E-state index contributed by atoms with van der Waals surface area (Å²) in [5.41, 5.74) is 0. The Labute approximate surface area is 96.8 Å². The normalized spacial score (nSPS) is 18.6. The standard InChI is InChI=1S/C9H20N3O3P/c1-11-7-5-6-8-12(2)9(11)10-16(13,14-3)15-4/h5-8H2,1-4H3. The summed E-state index contributed by atoms with van der Waals surface area (Å²) in [6.45, 7) is 1.80. The molecular formula is C9H20N3O3P. The summed E-state index contributed by atoms with van der Waals surface area (Å²) in [5.74, 6) is 0.657. The number of rotatable bonds is 3. The quantitative estimate of drug-likeness (QED) is 0.708. The van der Waals surface area contributed by atoms with Crippen LogP contribution in [0.25, 0.3) is 0 Å². The Balaban J connectivity index is 2.96. The molecule has 0 aromatic rings. The molecule has 0 radical (unpaired) electrons. The van der Waals surface area contributed by atoms with Crippen LogP contribution >= 0.6 is 7.75 Å². The van der Waals surface area contributed by atoms with Crippen molar-refractivity contribution in [2.75, 3.05) is 41.4 Å². The minimum absolute atomic E-state index is 0.657. The van der Waals surface area contributed by atoms with Crippen LogP contribution in [0, 0.1) is 0 Å². The van der Waals surface area contributed by atoms with E-state index in [1.54, 1.807) is 0 Å². The molecule has 0 atom stereocenters. The van der Waals surface area contributed by atoms with Crippen LogP contribution in [0.5, 0.6) is 0 Å². The van der Waals surface area contributed by atoms with Gasteiger partial charge in [-0.3, -0.25) is 9.05 Å². The molecule has 1 fully saturated rings. The Morgan fingerprint density at radius 2 is 1.56 bits per heavy atom. The van der Waals surface area contributed by atoms with Crippen LogP contribution in [0.3, 0.4) is 0 Å². The van der Waals surface area contributed by atoms with Crippen LogP contribution in [0.4, 0.5) is 0 Å². The van der Waals surface area contributed by atoms with Crippen LogP contribution in [-0.2, 0) is 13.6 Å². The lowest BCUT2D eigenvalue weighted by Crippen LogP contribution is -2.38. The summed E-state index contributed by atoms with van der Waals surface area (Å²) >= 11 is 0. The second kappa shape index (κ2) is 5.66. The van der Waals surface area contributed by atoms with Crippen molar-refractivity contribution in [1.82, 2.24) is 9.80 Å². The minimum atomic E-state index is -3.34. The Bertz CT molecular complexity index is 286. The summed E-state index contributed by atoms with van der Waals surface area (Å²) in [4.78, 5) is 3.94. The number of guanidine groups is 1. The molecular weight excluding hydrogens is 229 g/mol. The fourth-order valence-electron chi connectivity index (χ4n) is 1.61. The average molecular weight is 249 g/mol. The molecule has 0 bridgehead atoms. The van der Waals surface area contributed by atoms with Crippen molar-refractivity contribution < 1.29 is 13.6 Å². The zero-order valence-corrected chi connectivity index (χ0v) is 11.2. The maximum absolute atomic E-state index is 11.9. The summed E-state index contributed by atoms with van der Waals surface area (Å²) in [5, 5.41) is 0. The highest BCUT2D eigenvalue weighted by Crippen LogP contribution is 2.48. The molecule has 6 nitrogen and oxygen atoms in total. The van der Waals surface area contributed by atoms with Gasteiger partial charge in [0.2, 0.25) is 5.96 Å². The van der Waals surface area contributed by atoms with Crippen molar-refractivity contribution in [1.29, 1.82) is 0 Å². The monoisotopic (exact) mass is 249 g/mol. The third kappa shape index (κ3) is 3.20. The van der Waals surface area contributed by atoms with Crippen LogP contribution in [0.15, 0.2) is 4.76 Å². The van der Waals surface area contributed by atoms with Crippen molar-refractivity contribution in [2.45, 2.75) is 12.8 Å². The van der Waals surface area contributed by atoms with Gasteiger partial charge in [0.05, 0.1) is 0 Å². The molecule has 94 valence electrons. The molecule has 1 heterocycles. The molecule has 0 aromatic heterocycles. The molecule has 0 saturated carbocycles. The van der Waals surface area contributed by atoms with Gasteiger partial charge in [-0.15, -0.1) is 4.76 Å². The van der Waals surface area contributed by atoms with E-state index in [4.69, 9.17) is 9.05 Å². The summed E-state index contributed by atoms with van der Waals surface area (Å²) in [6.07, 6.45) is 2.20. The average Bonchev–Trinajstić information content (AvgIpc) is 2.44. The highest BCUT2D eigenvalue weighted by atomic mass is 31.2. The van der Waals surface area contributed by atoms with Crippen LogP contribution in [-0.4, -0.2) is 57.2 Å². The Morgan fingerprint density at radius 1 is 1.12 bits per heavy atom. The SMILES string of the molecule is COP(=O)(N=C1N(C)CCCCN1C)OC. The molecule has 1 rings (SSSR count). The largest absolute Gasteiger partial charge is 0.456 e. The molecule has 16 heavy (non-hydrogen) atoms. The van der Waals surface area contributed by atoms with Crippen molar-refractivity contribution in [3.05, 3.63) is 0 Å². The zero-order valence-electron chi connectivity index (χ0n) is 10.3. The first-order chi connectivity index (χ1) is 7.52. The Morgan fingerprint density at radius 3 is 1.94 bits per heavy atom. The van der Waals surface area contributed by atoms with E-state index in [1.165, 1.54) is 14.2 Å². The zero-order chi connectivity index (χ0) is 12.2. The van der Waals surface area contributed by atoms with E-state index in [2.05, 4.69) is 4.76 Å². The van der Waals surface area contributed by atoms with Crippen molar-refractivity contribution in [3.8, 4) is 0 Å². The fourth-order valence-corrected chi connectivity index (χ4v) is 2.44. The van der Waals surface area contributed by atoms with Gasteiger partial charge in [0.15, 0.2) is 0 Å². The molecule has 1 saturated heterocycles. The van der Waals surface area contributed by atoms with Gasteiger partial charge in [0.25, 0.3) is 0 Å². The van der Waals surface area contributed by atoms with Gasteiger partial charge in [-0.1, -0.05) is 0 Å². The van der Waals surface area contributed by atoms with E-state index in [1.807, 2.05) is 23.9 Å². The van der Waals surface area contributed by atoms with E-state index >= 15 is 0 Å². The summed E-state index contributed by atoms with van der Waals surface area (Å²) < 4.78 is 25.7. The summed E-state index contributed by atoms with van der Waals surface area (Å²) in [6, 6.07) is 0. The van der Waals surface area contributed by atoms with Gasteiger partial charge in [0.1, 0.15) is 0 Å². The second-order valence-corrected chi connectivity index (χ2v) is 5.65. The minimum Gasteiger partial charge on any atom is -0.345 e. The maximum atomic E-state index is 11.9. The smallest absolute Gasteiger partial charge is 0.345 e. The van der Waals surface area contributed by atoms with E-state index < -0.39 is 7.75 Å². The number of hydrogen-bond acceptors (Lipinski definition) is 3. The second-order valence-electron chi connectivity index (χ2n) is 3.78. The van der Waals surface area contributed by atoms with Crippen molar-refractivity contribution >= 4 is 13.7 Å². The number of nitrogens with zero attached hydrogens (tertiary/aromatic N) is 3. The Hall–Kier alpha value is -0.580. The molecule has 0 unspecified atom stereocenters. The molecule has 1 aliphatic heterocycles. The van der Waals surface area contributed by atoms with E-state index in [0.29, 0.717) is 5.96 Å². The highest BCUT2D eigenvalue weighted by molar-refractivity contribution is 7.52. The molecule has 0 aliphatic carbocycles. The fraction of sp³-hybridized carbons (Fsp3) is 0.889. The van der Waals surface area contributed by atoms with Gasteiger partial charge in [-0.05, 0) is 12.8 Å². The van der Waals surface area contributed by atoms with Gasteiger partial charge in [-0.2, -0.15) is 0 Å². The van der Waals surface area contributed by atoms with Crippen LogP contribution in [0.2, 0.25) is 0 Å². The van der Waals surface area contributed by atoms with E-state index in [-0.39, 0.29) is 0 Å². The molecule has 0 N–H and O–H groups in total. The molecule has 0 amide bonds. The lowest BCUT2D eigenvalue weighted by atomic mass is 10.3. The number of hydrogen-bond donors (Lipinski definition) is 0. The predicted molar refractivity (Wildman–Crippen MR) is 63.6 cm³/mol. The lowest BCUT2D eigenvalue weighted by Gasteiger charge is -2.26. The first kappa shape index (κ1) is 13.5. The van der Waals surface area contributed by atoms with E-state index in [0.717, 1.165) is 25.9 Å². The van der Waals surface area contributed by atoms with Crippen LogP contribution < -0.4 is 0 Å². The third-order valence-electron chi connectivity index (χ3n) is 2.59. The van der Waals surface area contributed by atoms with Gasteiger partial charge in [-0.25, -0.2) is 4.57 Å². The van der Waals surface area contributed by atoms with Crippen LogP contribution in [0.1, 0.15) is 12.8 Å². The Kier molecular flexibility index (Phi) is 4.77. The summed E-state index contributed by atoms with van der Waals surface area (Å²) in [7, 11) is 3.19. The lowest BCUT2D eigenvalue weighted by molar-refractivity contribution is 0.275. The first-order valence-corrected chi connectivity index (χ1v) is 6.76. The molecule has 7 heteroatoms. The van der Waals surface area contributed by atoms with Gasteiger partial charge in [0, 0.05) is 41.4 Å². The first-order valence-electron chi connectivity index (χ1n) is 5.26. The highest BCUT2D eigenvalue weighted by Gasteiger charge is 2.25.